The van der Waals surface area contributed by atoms with Crippen LogP contribution in [0.15, 0.2) is 53.6 Å². The van der Waals surface area contributed by atoms with Gasteiger partial charge in [-0.2, -0.15) is 5.10 Å². The molecule has 0 aliphatic carbocycles. The smallest absolute Gasteiger partial charge is 0.271 e. The third kappa shape index (κ3) is 8.17. The number of ether oxygens (including phenoxy) is 3. The van der Waals surface area contributed by atoms with E-state index in [4.69, 9.17) is 14.2 Å². The number of rotatable bonds is 10. The highest BCUT2D eigenvalue weighted by Crippen LogP contribution is 2.12. The Hall–Kier alpha value is -3.27. The maximum atomic E-state index is 12.4. The molecule has 2 fully saturated rings. The van der Waals surface area contributed by atoms with Crippen LogP contribution < -0.4 is 15.5 Å². The third-order valence-corrected chi connectivity index (χ3v) is 5.91. The van der Waals surface area contributed by atoms with Crippen molar-refractivity contribution in [2.45, 2.75) is 25.5 Å². The van der Waals surface area contributed by atoms with Gasteiger partial charge in [-0.25, -0.2) is 5.43 Å². The van der Waals surface area contributed by atoms with Crippen molar-refractivity contribution in [2.24, 2.45) is 5.10 Å². The number of nitrogens with one attached hydrogen (secondary N) is 2. The van der Waals surface area contributed by atoms with Gasteiger partial charge in [0.2, 0.25) is 0 Å². The fraction of sp³-hybridized carbons (Fsp3) is 0.423. The average molecular weight is 481 g/mol. The fourth-order valence-electron chi connectivity index (χ4n) is 3.89. The molecule has 0 bridgehead atoms. The van der Waals surface area contributed by atoms with E-state index in [1.165, 1.54) is 0 Å². The second-order valence-corrected chi connectivity index (χ2v) is 8.58. The highest BCUT2D eigenvalue weighted by Gasteiger charge is 2.16. The lowest BCUT2D eigenvalue weighted by molar-refractivity contribution is -0.123. The summed E-state index contributed by atoms with van der Waals surface area (Å²) in [4.78, 5) is 26.6. The number of amides is 2. The Labute approximate surface area is 205 Å². The molecule has 9 heteroatoms. The van der Waals surface area contributed by atoms with Crippen molar-refractivity contribution in [3.63, 3.8) is 0 Å². The molecule has 186 valence electrons. The number of carbonyl (C=O) groups is 2. The van der Waals surface area contributed by atoms with Crippen LogP contribution in [0.25, 0.3) is 0 Å². The molecule has 1 atom stereocenters. The normalized spacial score (nSPS) is 18.5. The molecule has 2 heterocycles. The van der Waals surface area contributed by atoms with E-state index in [1.54, 1.807) is 30.5 Å². The highest BCUT2D eigenvalue weighted by atomic mass is 16.5. The summed E-state index contributed by atoms with van der Waals surface area (Å²) >= 11 is 0. The zero-order chi connectivity index (χ0) is 24.3. The van der Waals surface area contributed by atoms with Crippen LogP contribution in [0.1, 0.15) is 34.3 Å². The van der Waals surface area contributed by atoms with E-state index in [0.29, 0.717) is 17.9 Å². The summed E-state index contributed by atoms with van der Waals surface area (Å²) in [5.41, 5.74) is 5.05. The molecule has 35 heavy (non-hydrogen) atoms. The van der Waals surface area contributed by atoms with E-state index in [2.05, 4.69) is 20.7 Å². The van der Waals surface area contributed by atoms with Gasteiger partial charge in [-0.1, -0.05) is 12.1 Å². The monoisotopic (exact) mass is 480 g/mol. The summed E-state index contributed by atoms with van der Waals surface area (Å²) in [6.45, 7) is 5.46. The lowest BCUT2D eigenvalue weighted by Gasteiger charge is -2.26. The molecular formula is C26H32N4O5. The van der Waals surface area contributed by atoms with Gasteiger partial charge in [0.15, 0.2) is 6.61 Å². The van der Waals surface area contributed by atoms with Crippen molar-refractivity contribution in [2.75, 3.05) is 46.1 Å². The first-order chi connectivity index (χ1) is 17.2. The van der Waals surface area contributed by atoms with Crippen molar-refractivity contribution in [1.82, 2.24) is 15.6 Å². The highest BCUT2D eigenvalue weighted by molar-refractivity contribution is 5.94. The Kier molecular flexibility index (Phi) is 9.22. The Bertz CT molecular complexity index is 982. The van der Waals surface area contributed by atoms with Crippen LogP contribution in [0.2, 0.25) is 0 Å². The van der Waals surface area contributed by atoms with Crippen LogP contribution in [0.3, 0.4) is 0 Å². The summed E-state index contributed by atoms with van der Waals surface area (Å²) in [6, 6.07) is 14.7. The molecule has 1 unspecified atom stereocenters. The van der Waals surface area contributed by atoms with E-state index in [0.717, 1.165) is 63.4 Å². The number of hydrogen-bond acceptors (Lipinski definition) is 7. The van der Waals surface area contributed by atoms with Crippen LogP contribution in [0, 0.1) is 0 Å². The first-order valence-electron chi connectivity index (χ1n) is 12.0. The van der Waals surface area contributed by atoms with Crippen molar-refractivity contribution < 1.29 is 23.8 Å². The molecule has 0 aromatic heterocycles. The molecule has 0 saturated carbocycles. The summed E-state index contributed by atoms with van der Waals surface area (Å²) < 4.78 is 16.4. The fourth-order valence-corrected chi connectivity index (χ4v) is 3.89. The number of benzene rings is 2. The number of morpholine rings is 1. The third-order valence-electron chi connectivity index (χ3n) is 5.91. The summed E-state index contributed by atoms with van der Waals surface area (Å²) in [7, 11) is 0. The zero-order valence-electron chi connectivity index (χ0n) is 19.8. The van der Waals surface area contributed by atoms with Crippen LogP contribution in [-0.2, 0) is 20.8 Å². The van der Waals surface area contributed by atoms with Gasteiger partial charge in [-0.05, 0) is 60.4 Å². The molecule has 2 aromatic rings. The molecule has 2 aliphatic heterocycles. The largest absolute Gasteiger partial charge is 0.484 e. The summed E-state index contributed by atoms with van der Waals surface area (Å²) in [6.07, 6.45) is 3.69. The van der Waals surface area contributed by atoms with Crippen molar-refractivity contribution in [3.8, 4) is 5.75 Å². The van der Waals surface area contributed by atoms with E-state index in [1.807, 2.05) is 24.3 Å². The van der Waals surface area contributed by atoms with Gasteiger partial charge in [0.25, 0.3) is 11.8 Å². The van der Waals surface area contributed by atoms with E-state index >= 15 is 0 Å². The molecular weight excluding hydrogens is 448 g/mol. The molecule has 2 amide bonds. The average Bonchev–Trinajstić information content (AvgIpc) is 3.42. The van der Waals surface area contributed by atoms with Crippen LogP contribution >= 0.6 is 0 Å². The first kappa shape index (κ1) is 24.8. The maximum absolute atomic E-state index is 12.4. The van der Waals surface area contributed by atoms with Gasteiger partial charge in [-0.15, -0.1) is 0 Å². The van der Waals surface area contributed by atoms with E-state index in [-0.39, 0.29) is 24.5 Å². The van der Waals surface area contributed by atoms with Crippen LogP contribution in [-0.4, -0.2) is 75.1 Å². The van der Waals surface area contributed by atoms with Gasteiger partial charge in [0.1, 0.15) is 5.75 Å². The lowest BCUT2D eigenvalue weighted by Crippen LogP contribution is -2.35. The predicted octanol–water partition coefficient (Wildman–Crippen LogP) is 1.96. The summed E-state index contributed by atoms with van der Waals surface area (Å²) in [5.74, 6) is 0.131. The molecule has 2 aliphatic rings. The minimum atomic E-state index is -0.270. The minimum absolute atomic E-state index is 0.0541. The Morgan fingerprint density at radius 3 is 2.54 bits per heavy atom. The number of nitrogens with zero attached hydrogens (tertiary/aromatic N) is 2. The number of hydrazone groups is 1. The Morgan fingerprint density at radius 1 is 1.06 bits per heavy atom. The maximum Gasteiger partial charge on any atom is 0.271 e. The quantitative estimate of drug-likeness (QED) is 0.398. The summed E-state index contributed by atoms with van der Waals surface area (Å²) in [5, 5.41) is 6.86. The minimum Gasteiger partial charge on any atom is -0.484 e. The van der Waals surface area contributed by atoms with Crippen molar-refractivity contribution in [1.29, 1.82) is 0 Å². The van der Waals surface area contributed by atoms with Gasteiger partial charge in [-0.3, -0.25) is 14.5 Å². The van der Waals surface area contributed by atoms with Crippen LogP contribution in [0.4, 0.5) is 0 Å². The van der Waals surface area contributed by atoms with Crippen molar-refractivity contribution in [3.05, 3.63) is 65.2 Å². The Balaban J connectivity index is 1.16. The van der Waals surface area contributed by atoms with E-state index in [9.17, 15) is 9.59 Å². The topological polar surface area (TPSA) is 101 Å². The lowest BCUT2D eigenvalue weighted by atomic mass is 10.1. The molecule has 2 aromatic carbocycles. The van der Waals surface area contributed by atoms with Crippen molar-refractivity contribution >= 4 is 18.0 Å². The van der Waals surface area contributed by atoms with E-state index < -0.39 is 0 Å². The van der Waals surface area contributed by atoms with Gasteiger partial charge in [0, 0.05) is 38.3 Å². The number of carbonyl (C=O) groups excluding carboxylic acids is 2. The molecule has 0 spiro atoms. The SMILES string of the molecule is O=C(COc1ccc(C=NNC(=O)c2ccc(CN3CCOCC3)cc2)cc1)NCC1CCCO1. The second kappa shape index (κ2) is 13.0. The zero-order valence-corrected chi connectivity index (χ0v) is 19.8. The van der Waals surface area contributed by atoms with Gasteiger partial charge >= 0.3 is 0 Å². The first-order valence-corrected chi connectivity index (χ1v) is 12.0. The molecule has 9 nitrogen and oxygen atoms in total. The molecule has 2 N–H and O–H groups in total. The molecule has 2 saturated heterocycles. The molecule has 4 rings (SSSR count). The van der Waals surface area contributed by atoms with Crippen LogP contribution in [0.5, 0.6) is 5.75 Å². The standard InChI is InChI=1S/C26H32N4O5/c31-25(27-17-24-2-1-13-34-24)19-35-23-9-5-20(6-10-23)16-28-29-26(32)22-7-3-21(4-8-22)18-30-11-14-33-15-12-30/h3-10,16,24H,1-2,11-15,17-19H2,(H,27,31)(H,29,32). The van der Waals surface area contributed by atoms with Gasteiger partial charge < -0.3 is 19.5 Å². The second-order valence-electron chi connectivity index (χ2n) is 8.58. The molecule has 0 radical (unpaired) electrons. The predicted molar refractivity (Wildman–Crippen MR) is 132 cm³/mol. The number of hydrogen-bond donors (Lipinski definition) is 2. The van der Waals surface area contributed by atoms with Gasteiger partial charge in [0.05, 0.1) is 25.5 Å². The Morgan fingerprint density at radius 2 is 1.83 bits per heavy atom.